The van der Waals surface area contributed by atoms with Crippen molar-refractivity contribution in [2.24, 2.45) is 5.92 Å². The summed E-state index contributed by atoms with van der Waals surface area (Å²) in [5.74, 6) is 1.15. The van der Waals surface area contributed by atoms with Gasteiger partial charge in [-0.1, -0.05) is 42.5 Å². The number of amides is 1. The van der Waals surface area contributed by atoms with Gasteiger partial charge in [0.2, 0.25) is 15.9 Å². The predicted molar refractivity (Wildman–Crippen MR) is 153 cm³/mol. The number of benzene rings is 3. The fourth-order valence-corrected chi connectivity index (χ4v) is 7.22. The van der Waals surface area contributed by atoms with Gasteiger partial charge in [-0.15, -0.1) is 0 Å². The number of hydrogen-bond donors (Lipinski definition) is 0. The third-order valence-corrected chi connectivity index (χ3v) is 9.65. The van der Waals surface area contributed by atoms with E-state index in [1.54, 1.807) is 32.4 Å². The van der Waals surface area contributed by atoms with Crippen molar-refractivity contribution in [2.45, 2.75) is 10.8 Å². The first-order valence-corrected chi connectivity index (χ1v) is 14.7. The summed E-state index contributed by atoms with van der Waals surface area (Å²) in [5, 5.41) is 0. The second-order valence-corrected chi connectivity index (χ2v) is 11.9. The van der Waals surface area contributed by atoms with Crippen LogP contribution in [0.5, 0.6) is 17.2 Å². The number of piperazine rings is 1. The van der Waals surface area contributed by atoms with Crippen molar-refractivity contribution in [3.63, 3.8) is 0 Å². The van der Waals surface area contributed by atoms with Crippen LogP contribution in [-0.2, 0) is 14.8 Å². The van der Waals surface area contributed by atoms with Gasteiger partial charge in [-0.05, 0) is 29.8 Å². The van der Waals surface area contributed by atoms with Crippen LogP contribution in [0.3, 0.4) is 0 Å². The first-order valence-electron chi connectivity index (χ1n) is 13.3. The molecule has 0 aliphatic carbocycles. The molecule has 0 bridgehead atoms. The Bertz CT molecular complexity index is 1420. The van der Waals surface area contributed by atoms with Crippen LogP contribution in [-0.4, -0.2) is 84.1 Å². The van der Waals surface area contributed by atoms with Crippen molar-refractivity contribution in [3.05, 3.63) is 78.4 Å². The molecule has 2 fully saturated rings. The molecule has 0 radical (unpaired) electrons. The van der Waals surface area contributed by atoms with Crippen molar-refractivity contribution in [3.8, 4) is 17.2 Å². The molecule has 2 aliphatic rings. The fourth-order valence-electron chi connectivity index (χ4n) is 5.69. The van der Waals surface area contributed by atoms with Crippen molar-refractivity contribution >= 4 is 21.6 Å². The lowest BCUT2D eigenvalue weighted by atomic mass is 9.88. The van der Waals surface area contributed by atoms with Crippen molar-refractivity contribution in [2.75, 3.05) is 65.5 Å². The highest BCUT2D eigenvalue weighted by molar-refractivity contribution is 7.89. The maximum absolute atomic E-state index is 14.0. The third kappa shape index (κ3) is 5.33. The Morgan fingerprint density at radius 2 is 1.43 bits per heavy atom. The van der Waals surface area contributed by atoms with Gasteiger partial charge >= 0.3 is 0 Å². The minimum atomic E-state index is -3.82. The molecule has 0 N–H and O–H groups in total. The highest BCUT2D eigenvalue weighted by atomic mass is 32.2. The van der Waals surface area contributed by atoms with Gasteiger partial charge in [-0.3, -0.25) is 4.79 Å². The number of hydrogen-bond acceptors (Lipinski definition) is 7. The lowest BCUT2D eigenvalue weighted by Crippen LogP contribution is -2.51. The van der Waals surface area contributed by atoms with Crippen LogP contribution in [0.2, 0.25) is 0 Å². The average Bonchev–Trinajstić information content (AvgIpc) is 3.47. The van der Waals surface area contributed by atoms with E-state index >= 15 is 0 Å². The van der Waals surface area contributed by atoms with E-state index in [-0.39, 0.29) is 29.8 Å². The molecular formula is C30H35N3O6S. The molecule has 2 heterocycles. The molecule has 3 aromatic rings. The molecule has 3 aromatic carbocycles. The quantitative estimate of drug-likeness (QED) is 0.413. The lowest BCUT2D eigenvalue weighted by molar-refractivity contribution is -0.135. The van der Waals surface area contributed by atoms with Crippen LogP contribution in [0.15, 0.2) is 77.7 Å². The molecule has 0 spiro atoms. The van der Waals surface area contributed by atoms with Crippen LogP contribution in [0.1, 0.15) is 11.5 Å². The van der Waals surface area contributed by atoms with Gasteiger partial charge in [-0.25, -0.2) is 8.42 Å². The monoisotopic (exact) mass is 565 g/mol. The zero-order chi connectivity index (χ0) is 28.3. The van der Waals surface area contributed by atoms with Crippen LogP contribution >= 0.6 is 0 Å². The maximum atomic E-state index is 14.0. The van der Waals surface area contributed by atoms with E-state index in [0.717, 1.165) is 22.7 Å². The molecule has 1 amide bonds. The SMILES string of the molecule is COc1cccc(S(=O)(=O)N2CC(C(=O)N3CCN(c4c(OC)cccc4OC)CC3)C(c3ccccc3)C2)c1. The largest absolute Gasteiger partial charge is 0.497 e. The van der Waals surface area contributed by atoms with Gasteiger partial charge < -0.3 is 24.0 Å². The number of ether oxygens (including phenoxy) is 3. The molecule has 40 heavy (non-hydrogen) atoms. The highest BCUT2D eigenvalue weighted by Gasteiger charge is 2.45. The van der Waals surface area contributed by atoms with E-state index in [2.05, 4.69) is 4.90 Å². The summed E-state index contributed by atoms with van der Waals surface area (Å²) in [6.45, 7) is 2.60. The number of methoxy groups -OCH3 is 3. The Balaban J connectivity index is 1.37. The Hall–Kier alpha value is -3.76. The number of nitrogens with zero attached hydrogens (tertiary/aromatic N) is 3. The molecule has 2 aliphatic heterocycles. The first-order chi connectivity index (χ1) is 19.4. The van der Waals surface area contributed by atoms with Gasteiger partial charge in [0.25, 0.3) is 0 Å². The topological polar surface area (TPSA) is 88.6 Å². The zero-order valence-electron chi connectivity index (χ0n) is 23.0. The molecule has 10 heteroatoms. The summed E-state index contributed by atoms with van der Waals surface area (Å²) in [4.78, 5) is 18.2. The molecule has 2 saturated heterocycles. The summed E-state index contributed by atoms with van der Waals surface area (Å²) in [6, 6.07) is 21.9. The number of carbonyl (C=O) groups excluding carboxylic acids is 1. The maximum Gasteiger partial charge on any atom is 0.243 e. The fraction of sp³-hybridized carbons (Fsp3) is 0.367. The molecule has 2 unspecified atom stereocenters. The van der Waals surface area contributed by atoms with Gasteiger partial charge in [0.05, 0.1) is 32.1 Å². The number of anilines is 1. The van der Waals surface area contributed by atoms with Gasteiger partial charge in [0, 0.05) is 51.3 Å². The highest BCUT2D eigenvalue weighted by Crippen LogP contribution is 2.40. The predicted octanol–water partition coefficient (Wildman–Crippen LogP) is 3.47. The summed E-state index contributed by atoms with van der Waals surface area (Å²) in [7, 11) is 0.947. The second kappa shape index (κ2) is 11.8. The number of rotatable bonds is 8. The lowest BCUT2D eigenvalue weighted by Gasteiger charge is -2.38. The molecule has 5 rings (SSSR count). The Morgan fingerprint density at radius 3 is 2.05 bits per heavy atom. The Morgan fingerprint density at radius 1 is 0.775 bits per heavy atom. The molecule has 9 nitrogen and oxygen atoms in total. The minimum Gasteiger partial charge on any atom is -0.497 e. The summed E-state index contributed by atoms with van der Waals surface area (Å²) >= 11 is 0. The minimum absolute atomic E-state index is 0.0242. The summed E-state index contributed by atoms with van der Waals surface area (Å²) in [6.07, 6.45) is 0. The van der Waals surface area contributed by atoms with Crippen molar-refractivity contribution in [1.29, 1.82) is 0 Å². The van der Waals surface area contributed by atoms with Crippen molar-refractivity contribution < 1.29 is 27.4 Å². The smallest absolute Gasteiger partial charge is 0.243 e. The Kier molecular flexibility index (Phi) is 8.18. The summed E-state index contributed by atoms with van der Waals surface area (Å²) < 4.78 is 45.2. The second-order valence-electron chi connectivity index (χ2n) is 9.95. The molecule has 212 valence electrons. The van der Waals surface area contributed by atoms with E-state index in [9.17, 15) is 13.2 Å². The van der Waals surface area contributed by atoms with E-state index < -0.39 is 15.9 Å². The summed E-state index contributed by atoms with van der Waals surface area (Å²) in [5.41, 5.74) is 1.83. The Labute approximate surface area is 235 Å². The normalized spacial score (nSPS) is 19.9. The standard InChI is InChI=1S/C30H35N3O6S/c1-37-23-11-7-12-24(19-23)40(35,36)33-20-25(22-9-5-4-6-10-22)26(21-33)30(34)32-17-15-31(16-18-32)29-27(38-2)13-8-14-28(29)39-3/h4-14,19,25-26H,15-18,20-21H2,1-3H3. The van der Waals surface area contributed by atoms with E-state index in [1.807, 2.05) is 53.4 Å². The van der Waals surface area contributed by atoms with Gasteiger partial charge in [0.15, 0.2) is 0 Å². The van der Waals surface area contributed by atoms with E-state index in [0.29, 0.717) is 31.9 Å². The van der Waals surface area contributed by atoms with E-state index in [4.69, 9.17) is 14.2 Å². The average molecular weight is 566 g/mol. The molecule has 0 aromatic heterocycles. The number of carbonyl (C=O) groups is 1. The number of para-hydroxylation sites is 1. The zero-order valence-corrected chi connectivity index (χ0v) is 23.8. The molecule has 2 atom stereocenters. The van der Waals surface area contributed by atoms with Crippen LogP contribution in [0.25, 0.3) is 0 Å². The van der Waals surface area contributed by atoms with Crippen LogP contribution in [0, 0.1) is 5.92 Å². The van der Waals surface area contributed by atoms with Crippen molar-refractivity contribution in [1.82, 2.24) is 9.21 Å². The van der Waals surface area contributed by atoms with E-state index in [1.165, 1.54) is 17.5 Å². The molecule has 0 saturated carbocycles. The van der Waals surface area contributed by atoms with Gasteiger partial charge in [-0.2, -0.15) is 4.31 Å². The van der Waals surface area contributed by atoms with Gasteiger partial charge in [0.1, 0.15) is 22.9 Å². The van der Waals surface area contributed by atoms with Crippen LogP contribution in [0.4, 0.5) is 5.69 Å². The third-order valence-electron chi connectivity index (χ3n) is 7.82. The first kappa shape index (κ1) is 27.8. The number of sulfonamides is 1. The van der Waals surface area contributed by atoms with Crippen LogP contribution < -0.4 is 19.1 Å². The molecular weight excluding hydrogens is 530 g/mol.